The average Bonchev–Trinajstić information content (AvgIpc) is 3.66. The number of fused-ring (bicyclic) bond motifs is 1. The van der Waals surface area contributed by atoms with E-state index < -0.39 is 5.97 Å². The normalized spacial score (nSPS) is 13.9. The van der Waals surface area contributed by atoms with Crippen molar-refractivity contribution in [3.63, 3.8) is 0 Å². The molecular weight excluding hydrogens is 593 g/mol. The van der Waals surface area contributed by atoms with Crippen LogP contribution in [0.3, 0.4) is 0 Å². The number of carboxylic acids is 1. The molecule has 6 rings (SSSR count). The summed E-state index contributed by atoms with van der Waals surface area (Å²) in [6, 6.07) is 17.9. The fourth-order valence-corrected chi connectivity index (χ4v) is 6.46. The molecule has 0 saturated heterocycles. The quantitative estimate of drug-likeness (QED) is 0.166. The molecule has 10 heteroatoms. The molecule has 0 aliphatic heterocycles. The summed E-state index contributed by atoms with van der Waals surface area (Å²) in [5.74, 6) is 0.839. The first kappa shape index (κ1) is 28.5. The van der Waals surface area contributed by atoms with E-state index in [4.69, 9.17) is 37.3 Å². The van der Waals surface area contributed by atoms with Crippen molar-refractivity contribution in [3.05, 3.63) is 87.2 Å². The molecule has 0 unspecified atom stereocenters. The molecule has 0 amide bonds. The van der Waals surface area contributed by atoms with Gasteiger partial charge in [0.1, 0.15) is 23.6 Å². The second-order valence-corrected chi connectivity index (χ2v) is 12.1. The zero-order chi connectivity index (χ0) is 29.1. The first-order valence-electron chi connectivity index (χ1n) is 14.0. The van der Waals surface area contributed by atoms with Crippen LogP contribution in [0, 0.1) is 5.92 Å². The summed E-state index contributed by atoms with van der Waals surface area (Å²) in [7, 11) is 0. The molecule has 1 fully saturated rings. The maximum absolute atomic E-state index is 11.4. The molecule has 2 heterocycles. The van der Waals surface area contributed by atoms with Gasteiger partial charge in [0.05, 0.1) is 15.6 Å². The van der Waals surface area contributed by atoms with Crippen molar-refractivity contribution in [2.24, 2.45) is 5.92 Å². The summed E-state index contributed by atoms with van der Waals surface area (Å²) in [6.07, 6.45) is 7.48. The van der Waals surface area contributed by atoms with Gasteiger partial charge in [0.25, 0.3) is 0 Å². The number of carbonyl (C=O) groups is 1. The standard InChI is InChI=1S/C32H29Cl2N3O4S/c33-25-12-6-21(16-26(25)34)18-40-24-11-13-27-29(17-24)41-30(35-27)28-19-42-32(36-28)37(15-14-20-4-2-1-3-5-20)23-9-7-22(8-10-23)31(38)39/h6-13,16-17,19-20H,1-5,14-15,18H2,(H,38,39). The van der Waals surface area contributed by atoms with E-state index in [0.29, 0.717) is 51.0 Å². The zero-order valence-electron chi connectivity index (χ0n) is 22.8. The van der Waals surface area contributed by atoms with Crippen molar-refractivity contribution in [1.29, 1.82) is 0 Å². The summed E-state index contributed by atoms with van der Waals surface area (Å²) >= 11 is 13.7. The maximum atomic E-state index is 11.4. The lowest BCUT2D eigenvalue weighted by molar-refractivity contribution is 0.0697. The second-order valence-electron chi connectivity index (χ2n) is 10.5. The van der Waals surface area contributed by atoms with Crippen LogP contribution in [-0.2, 0) is 6.61 Å². The van der Waals surface area contributed by atoms with E-state index in [1.165, 1.54) is 43.4 Å². The minimum Gasteiger partial charge on any atom is -0.489 e. The lowest BCUT2D eigenvalue weighted by atomic mass is 9.87. The van der Waals surface area contributed by atoms with Gasteiger partial charge in [-0.05, 0) is 66.4 Å². The highest BCUT2D eigenvalue weighted by Gasteiger charge is 2.21. The number of ether oxygens (including phenoxy) is 1. The van der Waals surface area contributed by atoms with Crippen LogP contribution in [0.2, 0.25) is 10.0 Å². The molecule has 2 aromatic heterocycles. The molecule has 0 bridgehead atoms. The van der Waals surface area contributed by atoms with E-state index in [2.05, 4.69) is 9.88 Å². The number of aromatic carboxylic acids is 1. The molecule has 5 aromatic rings. The highest BCUT2D eigenvalue weighted by atomic mass is 35.5. The van der Waals surface area contributed by atoms with Crippen LogP contribution >= 0.6 is 34.5 Å². The third-order valence-corrected chi connectivity index (χ3v) is 9.21. The van der Waals surface area contributed by atoms with Gasteiger partial charge in [-0.3, -0.25) is 0 Å². The van der Waals surface area contributed by atoms with Crippen LogP contribution in [-0.4, -0.2) is 27.6 Å². The number of anilines is 2. The fourth-order valence-electron chi connectivity index (χ4n) is 5.29. The number of hydrogen-bond acceptors (Lipinski definition) is 7. The van der Waals surface area contributed by atoms with Crippen molar-refractivity contribution in [2.75, 3.05) is 11.4 Å². The predicted molar refractivity (Wildman–Crippen MR) is 168 cm³/mol. The lowest BCUT2D eigenvalue weighted by Gasteiger charge is -2.27. The van der Waals surface area contributed by atoms with Gasteiger partial charge in [-0.1, -0.05) is 61.4 Å². The number of benzene rings is 3. The Hall–Kier alpha value is -3.59. The van der Waals surface area contributed by atoms with Gasteiger partial charge >= 0.3 is 5.97 Å². The summed E-state index contributed by atoms with van der Waals surface area (Å²) in [6.45, 7) is 1.14. The smallest absolute Gasteiger partial charge is 0.335 e. The average molecular weight is 623 g/mol. The zero-order valence-corrected chi connectivity index (χ0v) is 25.1. The Kier molecular flexibility index (Phi) is 8.65. The van der Waals surface area contributed by atoms with Crippen LogP contribution in [0.4, 0.5) is 10.8 Å². The summed E-state index contributed by atoms with van der Waals surface area (Å²) < 4.78 is 12.1. The number of nitrogens with zero attached hydrogens (tertiary/aromatic N) is 3. The highest BCUT2D eigenvalue weighted by molar-refractivity contribution is 7.14. The number of oxazole rings is 1. The Balaban J connectivity index is 1.21. The van der Waals surface area contributed by atoms with Crippen LogP contribution in [0.1, 0.15) is 54.4 Å². The SMILES string of the molecule is O=C(O)c1ccc(N(CCC2CCCCC2)c2nc(-c3nc4ccc(OCc5ccc(Cl)c(Cl)c5)cc4o3)cs2)cc1. The number of rotatable bonds is 10. The third-order valence-electron chi connectivity index (χ3n) is 7.60. The van der Waals surface area contributed by atoms with Gasteiger partial charge in [-0.25, -0.2) is 14.8 Å². The highest BCUT2D eigenvalue weighted by Crippen LogP contribution is 2.36. The maximum Gasteiger partial charge on any atom is 0.335 e. The number of thiazole rings is 1. The minimum absolute atomic E-state index is 0.262. The van der Waals surface area contributed by atoms with Crippen LogP contribution in [0.15, 0.2) is 70.5 Å². The molecule has 3 aromatic carbocycles. The minimum atomic E-state index is -0.939. The van der Waals surface area contributed by atoms with E-state index in [9.17, 15) is 9.90 Å². The van der Waals surface area contributed by atoms with E-state index in [1.54, 1.807) is 24.3 Å². The number of aromatic nitrogens is 2. The topological polar surface area (TPSA) is 88.7 Å². The molecule has 1 saturated carbocycles. The van der Waals surface area contributed by atoms with E-state index in [-0.39, 0.29) is 5.56 Å². The molecule has 0 spiro atoms. The van der Waals surface area contributed by atoms with Crippen molar-refractivity contribution in [1.82, 2.24) is 9.97 Å². The van der Waals surface area contributed by atoms with Crippen LogP contribution in [0.5, 0.6) is 5.75 Å². The van der Waals surface area contributed by atoms with E-state index in [0.717, 1.165) is 29.3 Å². The molecule has 7 nitrogen and oxygen atoms in total. The summed E-state index contributed by atoms with van der Waals surface area (Å²) in [5.41, 5.74) is 4.04. The largest absolute Gasteiger partial charge is 0.489 e. The fraction of sp³-hybridized carbons (Fsp3) is 0.281. The molecular formula is C32H29Cl2N3O4S. The third kappa shape index (κ3) is 6.56. The van der Waals surface area contributed by atoms with Crippen molar-refractivity contribution in [3.8, 4) is 17.3 Å². The monoisotopic (exact) mass is 621 g/mol. The van der Waals surface area contributed by atoms with Gasteiger partial charge in [0.15, 0.2) is 10.7 Å². The van der Waals surface area contributed by atoms with Gasteiger partial charge in [0.2, 0.25) is 5.89 Å². The Morgan fingerprint density at radius 3 is 2.57 bits per heavy atom. The first-order valence-corrected chi connectivity index (χ1v) is 15.6. The molecule has 1 aliphatic carbocycles. The molecule has 216 valence electrons. The number of halogens is 2. The number of hydrogen-bond donors (Lipinski definition) is 1. The Morgan fingerprint density at radius 1 is 1.00 bits per heavy atom. The van der Waals surface area contributed by atoms with Crippen LogP contribution < -0.4 is 9.64 Å². The molecule has 1 aliphatic rings. The van der Waals surface area contributed by atoms with Crippen molar-refractivity contribution >= 4 is 62.4 Å². The van der Waals surface area contributed by atoms with Crippen LogP contribution in [0.25, 0.3) is 22.7 Å². The predicted octanol–water partition coefficient (Wildman–Crippen LogP) is 9.64. The second kappa shape index (κ2) is 12.7. The van der Waals surface area contributed by atoms with Gasteiger partial charge < -0.3 is 19.2 Å². The number of carboxylic acid groups (broad SMARTS) is 1. The Labute approximate surface area is 257 Å². The first-order chi connectivity index (χ1) is 20.4. The van der Waals surface area contributed by atoms with Gasteiger partial charge in [-0.2, -0.15) is 0 Å². The molecule has 0 atom stereocenters. The van der Waals surface area contributed by atoms with Crippen molar-refractivity contribution < 1.29 is 19.1 Å². The van der Waals surface area contributed by atoms with E-state index >= 15 is 0 Å². The van der Waals surface area contributed by atoms with Gasteiger partial charge in [-0.15, -0.1) is 11.3 Å². The summed E-state index contributed by atoms with van der Waals surface area (Å²) in [5, 5.41) is 13.1. The lowest BCUT2D eigenvalue weighted by Crippen LogP contribution is -2.22. The summed E-state index contributed by atoms with van der Waals surface area (Å²) in [4.78, 5) is 23.1. The molecule has 1 N–H and O–H groups in total. The van der Waals surface area contributed by atoms with E-state index in [1.807, 2.05) is 41.8 Å². The molecule has 42 heavy (non-hydrogen) atoms. The molecule has 0 radical (unpaired) electrons. The Bertz CT molecular complexity index is 1700. The van der Waals surface area contributed by atoms with Gasteiger partial charge in [0, 0.05) is 23.7 Å². The van der Waals surface area contributed by atoms with Crippen molar-refractivity contribution in [2.45, 2.75) is 45.1 Å². The Morgan fingerprint density at radius 2 is 1.81 bits per heavy atom.